The van der Waals surface area contributed by atoms with Crippen LogP contribution < -0.4 is 0 Å². The SMILES string of the molecule is C=C(CN1CCCC1)C(Cc1ccccc1)(OC(C)=O)c1ccccc1. The number of rotatable bonds is 7. The highest BCUT2D eigenvalue weighted by atomic mass is 16.6. The lowest BCUT2D eigenvalue weighted by atomic mass is 9.81. The van der Waals surface area contributed by atoms with Gasteiger partial charge in [-0.1, -0.05) is 67.2 Å². The zero-order chi connectivity index (χ0) is 18.4. The van der Waals surface area contributed by atoms with E-state index in [1.165, 1.54) is 19.8 Å². The van der Waals surface area contributed by atoms with Crippen LogP contribution in [0.25, 0.3) is 0 Å². The molecule has 0 N–H and O–H groups in total. The zero-order valence-corrected chi connectivity index (χ0v) is 15.5. The fraction of sp³-hybridized carbons (Fsp3) is 0.348. The minimum Gasteiger partial charge on any atom is -0.449 e. The lowest BCUT2D eigenvalue weighted by Crippen LogP contribution is -2.40. The first-order valence-corrected chi connectivity index (χ1v) is 9.30. The Hall–Kier alpha value is -2.39. The van der Waals surface area contributed by atoms with Crippen molar-refractivity contribution in [2.45, 2.75) is 31.8 Å². The van der Waals surface area contributed by atoms with E-state index in [1.807, 2.05) is 48.5 Å². The Bertz CT molecular complexity index is 735. The zero-order valence-electron chi connectivity index (χ0n) is 15.5. The Morgan fingerprint density at radius 3 is 2.19 bits per heavy atom. The van der Waals surface area contributed by atoms with Crippen molar-refractivity contribution in [2.24, 2.45) is 0 Å². The Labute approximate surface area is 156 Å². The second-order valence-corrected chi connectivity index (χ2v) is 7.04. The molecule has 1 saturated heterocycles. The van der Waals surface area contributed by atoms with Gasteiger partial charge in [0.25, 0.3) is 0 Å². The Morgan fingerprint density at radius 2 is 1.62 bits per heavy atom. The molecule has 2 aromatic rings. The van der Waals surface area contributed by atoms with E-state index in [9.17, 15) is 4.79 Å². The third-order valence-corrected chi connectivity index (χ3v) is 5.04. The number of esters is 1. The molecule has 3 heteroatoms. The predicted molar refractivity (Wildman–Crippen MR) is 105 cm³/mol. The van der Waals surface area contributed by atoms with E-state index < -0.39 is 5.60 Å². The molecule has 1 aliphatic heterocycles. The third kappa shape index (κ3) is 4.23. The van der Waals surface area contributed by atoms with Crippen LogP contribution in [0.1, 0.15) is 30.9 Å². The summed E-state index contributed by atoms with van der Waals surface area (Å²) in [7, 11) is 0. The van der Waals surface area contributed by atoms with E-state index in [-0.39, 0.29) is 5.97 Å². The second-order valence-electron chi connectivity index (χ2n) is 7.04. The van der Waals surface area contributed by atoms with Gasteiger partial charge in [-0.05, 0) is 37.1 Å². The second kappa shape index (κ2) is 8.33. The molecule has 3 nitrogen and oxygen atoms in total. The summed E-state index contributed by atoms with van der Waals surface area (Å²) in [6.45, 7) is 8.78. The van der Waals surface area contributed by atoms with E-state index in [4.69, 9.17) is 4.74 Å². The number of carbonyl (C=O) groups excluding carboxylic acids is 1. The van der Waals surface area contributed by atoms with Crippen LogP contribution in [0.4, 0.5) is 0 Å². The predicted octanol–water partition coefficient (Wildman–Crippen LogP) is 4.34. The monoisotopic (exact) mass is 349 g/mol. The average Bonchev–Trinajstić information content (AvgIpc) is 3.15. The topological polar surface area (TPSA) is 29.5 Å². The largest absolute Gasteiger partial charge is 0.449 e. The summed E-state index contributed by atoms with van der Waals surface area (Å²) in [5.41, 5.74) is 2.19. The summed E-state index contributed by atoms with van der Waals surface area (Å²) in [6.07, 6.45) is 3.03. The maximum Gasteiger partial charge on any atom is 0.303 e. The van der Waals surface area contributed by atoms with Gasteiger partial charge in [-0.15, -0.1) is 0 Å². The van der Waals surface area contributed by atoms with Crippen LogP contribution in [-0.2, 0) is 21.6 Å². The lowest BCUT2D eigenvalue weighted by Gasteiger charge is -2.37. The molecular formula is C23H27NO2. The normalized spacial score (nSPS) is 16.8. The first-order chi connectivity index (χ1) is 12.6. The quantitative estimate of drug-likeness (QED) is 0.550. The molecule has 0 radical (unpaired) electrons. The molecule has 26 heavy (non-hydrogen) atoms. The van der Waals surface area contributed by atoms with Crippen molar-refractivity contribution in [3.05, 3.63) is 83.9 Å². The maximum absolute atomic E-state index is 12.1. The van der Waals surface area contributed by atoms with Gasteiger partial charge in [0.2, 0.25) is 0 Å². The molecule has 0 bridgehead atoms. The van der Waals surface area contributed by atoms with E-state index in [0.717, 1.165) is 36.3 Å². The molecule has 1 aliphatic rings. The molecule has 0 saturated carbocycles. The Balaban J connectivity index is 2.01. The summed E-state index contributed by atoms with van der Waals surface area (Å²) in [6, 6.07) is 20.2. The Morgan fingerprint density at radius 1 is 1.04 bits per heavy atom. The number of likely N-dealkylation sites (tertiary alicyclic amines) is 1. The van der Waals surface area contributed by atoms with Gasteiger partial charge in [0.1, 0.15) is 0 Å². The van der Waals surface area contributed by atoms with Gasteiger partial charge < -0.3 is 4.74 Å². The number of hydrogen-bond acceptors (Lipinski definition) is 3. The molecular weight excluding hydrogens is 322 g/mol. The van der Waals surface area contributed by atoms with Gasteiger partial charge in [-0.3, -0.25) is 9.69 Å². The van der Waals surface area contributed by atoms with Crippen molar-refractivity contribution in [3.63, 3.8) is 0 Å². The van der Waals surface area contributed by atoms with Crippen molar-refractivity contribution in [3.8, 4) is 0 Å². The summed E-state index contributed by atoms with van der Waals surface area (Å²) in [4.78, 5) is 14.5. The van der Waals surface area contributed by atoms with Crippen LogP contribution in [0.15, 0.2) is 72.8 Å². The van der Waals surface area contributed by atoms with E-state index in [1.54, 1.807) is 0 Å². The molecule has 0 aromatic heterocycles. The van der Waals surface area contributed by atoms with Crippen LogP contribution in [-0.4, -0.2) is 30.5 Å². The lowest BCUT2D eigenvalue weighted by molar-refractivity contribution is -0.154. The van der Waals surface area contributed by atoms with E-state index in [2.05, 4.69) is 23.6 Å². The van der Waals surface area contributed by atoms with E-state index >= 15 is 0 Å². The van der Waals surface area contributed by atoms with Crippen molar-refractivity contribution in [2.75, 3.05) is 19.6 Å². The standard InChI is InChI=1S/C23H27NO2/c1-19(18-24-15-9-10-16-24)23(26-20(2)25,22-13-7-4-8-14-22)17-21-11-5-3-6-12-21/h3-8,11-14H,1,9-10,15-18H2,2H3. The van der Waals surface area contributed by atoms with Gasteiger partial charge in [0.05, 0.1) is 0 Å². The van der Waals surface area contributed by atoms with Crippen LogP contribution in [0, 0.1) is 0 Å². The minimum atomic E-state index is -0.850. The van der Waals surface area contributed by atoms with Crippen LogP contribution in [0.2, 0.25) is 0 Å². The number of hydrogen-bond donors (Lipinski definition) is 0. The highest BCUT2D eigenvalue weighted by Crippen LogP contribution is 2.37. The smallest absolute Gasteiger partial charge is 0.303 e. The molecule has 0 spiro atoms. The summed E-state index contributed by atoms with van der Waals surface area (Å²) in [5.74, 6) is -0.285. The molecule has 0 aliphatic carbocycles. The fourth-order valence-corrected chi connectivity index (χ4v) is 3.77. The van der Waals surface area contributed by atoms with Gasteiger partial charge in [0.15, 0.2) is 5.60 Å². The average molecular weight is 349 g/mol. The number of ether oxygens (including phenoxy) is 1. The molecule has 1 atom stereocenters. The van der Waals surface area contributed by atoms with Gasteiger partial charge in [-0.2, -0.15) is 0 Å². The summed E-state index contributed by atoms with van der Waals surface area (Å²) >= 11 is 0. The van der Waals surface area contributed by atoms with Crippen molar-refractivity contribution < 1.29 is 9.53 Å². The number of nitrogens with zero attached hydrogens (tertiary/aromatic N) is 1. The molecule has 3 rings (SSSR count). The summed E-state index contributed by atoms with van der Waals surface area (Å²) < 4.78 is 6.03. The summed E-state index contributed by atoms with van der Waals surface area (Å²) in [5, 5.41) is 0. The molecule has 1 unspecified atom stereocenters. The van der Waals surface area contributed by atoms with Crippen LogP contribution in [0.3, 0.4) is 0 Å². The van der Waals surface area contributed by atoms with E-state index in [0.29, 0.717) is 6.42 Å². The molecule has 1 fully saturated rings. The van der Waals surface area contributed by atoms with Crippen molar-refractivity contribution in [1.82, 2.24) is 4.90 Å². The van der Waals surface area contributed by atoms with Gasteiger partial charge in [0, 0.05) is 25.5 Å². The highest BCUT2D eigenvalue weighted by Gasteiger charge is 2.39. The van der Waals surface area contributed by atoms with Crippen molar-refractivity contribution >= 4 is 5.97 Å². The van der Waals surface area contributed by atoms with Gasteiger partial charge in [-0.25, -0.2) is 0 Å². The van der Waals surface area contributed by atoms with Crippen LogP contribution in [0.5, 0.6) is 0 Å². The Kier molecular flexibility index (Phi) is 5.89. The minimum absolute atomic E-state index is 0.285. The molecule has 0 amide bonds. The third-order valence-electron chi connectivity index (χ3n) is 5.04. The van der Waals surface area contributed by atoms with Crippen molar-refractivity contribution in [1.29, 1.82) is 0 Å². The van der Waals surface area contributed by atoms with Gasteiger partial charge >= 0.3 is 5.97 Å². The maximum atomic E-state index is 12.1. The first kappa shape index (κ1) is 18.4. The highest BCUT2D eigenvalue weighted by molar-refractivity contribution is 5.67. The molecule has 1 heterocycles. The van der Waals surface area contributed by atoms with Crippen LogP contribution >= 0.6 is 0 Å². The number of benzene rings is 2. The molecule has 2 aromatic carbocycles. The fourth-order valence-electron chi connectivity index (χ4n) is 3.77. The first-order valence-electron chi connectivity index (χ1n) is 9.30. The molecule has 136 valence electrons. The number of carbonyl (C=O) groups is 1.